The summed E-state index contributed by atoms with van der Waals surface area (Å²) in [6.07, 6.45) is 2.39. The molecule has 33 heavy (non-hydrogen) atoms. The number of esters is 2. The van der Waals surface area contributed by atoms with Crippen molar-refractivity contribution in [1.82, 2.24) is 0 Å². The second-order valence-electron chi connectivity index (χ2n) is 8.11. The molecule has 176 valence electrons. The van der Waals surface area contributed by atoms with Crippen LogP contribution in [0.5, 0.6) is 11.5 Å². The summed E-state index contributed by atoms with van der Waals surface area (Å²) in [5.74, 6) is 0.272. The van der Waals surface area contributed by atoms with Gasteiger partial charge in [0.05, 0.1) is 0 Å². The molecular weight excluding hydrogens is 420 g/mol. The molecule has 6 nitrogen and oxygen atoms in total. The molecule has 0 amide bonds. The second kappa shape index (κ2) is 11.9. The minimum atomic E-state index is -0.447. The van der Waals surface area contributed by atoms with Gasteiger partial charge in [-0.25, -0.2) is 9.59 Å². The lowest BCUT2D eigenvalue weighted by Crippen LogP contribution is -2.20. The van der Waals surface area contributed by atoms with Gasteiger partial charge < -0.3 is 18.9 Å². The summed E-state index contributed by atoms with van der Waals surface area (Å²) in [6.45, 7) is 14.5. The topological polar surface area (TPSA) is 71.1 Å². The molecule has 0 bridgehead atoms. The first-order valence-electron chi connectivity index (χ1n) is 10.8. The number of hydrogen-bond donors (Lipinski definition) is 0. The van der Waals surface area contributed by atoms with Crippen LogP contribution < -0.4 is 9.47 Å². The van der Waals surface area contributed by atoms with Crippen molar-refractivity contribution in [3.05, 3.63) is 85.0 Å². The molecule has 2 aromatic rings. The van der Waals surface area contributed by atoms with E-state index in [1.807, 2.05) is 48.5 Å². The third-order valence-electron chi connectivity index (χ3n) is 5.16. The largest absolute Gasteiger partial charge is 0.482 e. The van der Waals surface area contributed by atoms with Crippen LogP contribution in [0.1, 0.15) is 38.8 Å². The third kappa shape index (κ3) is 7.83. The van der Waals surface area contributed by atoms with Crippen molar-refractivity contribution in [3.8, 4) is 11.5 Å². The van der Waals surface area contributed by atoms with Crippen LogP contribution in [-0.2, 0) is 24.5 Å². The SMILES string of the molecule is C=CC(C)OC(=O)COc1ccc(C(C)(C)c2ccc(OCC(=O)OC(C)C=C)cc2)cc1. The molecule has 0 spiro atoms. The molecular formula is C27H32O6. The van der Waals surface area contributed by atoms with E-state index < -0.39 is 11.9 Å². The molecule has 0 aliphatic heterocycles. The standard InChI is InChI=1S/C27H32O6/c1-7-19(3)32-25(28)17-30-23-13-9-21(10-14-23)27(5,6)22-11-15-24(16-12-22)31-18-26(29)33-20(4)8-2/h7-16,19-20H,1-2,17-18H2,3-6H3. The normalized spacial score (nSPS) is 12.7. The molecule has 0 aliphatic carbocycles. The van der Waals surface area contributed by atoms with Crippen LogP contribution in [0.15, 0.2) is 73.8 Å². The van der Waals surface area contributed by atoms with Crippen molar-refractivity contribution >= 4 is 11.9 Å². The molecule has 0 radical (unpaired) electrons. The van der Waals surface area contributed by atoms with E-state index >= 15 is 0 Å². The highest BCUT2D eigenvalue weighted by Crippen LogP contribution is 2.33. The van der Waals surface area contributed by atoms with Crippen molar-refractivity contribution in [2.45, 2.75) is 45.3 Å². The lowest BCUT2D eigenvalue weighted by Gasteiger charge is -2.26. The van der Waals surface area contributed by atoms with E-state index in [2.05, 4.69) is 27.0 Å². The average molecular weight is 453 g/mol. The summed E-state index contributed by atoms with van der Waals surface area (Å²) in [5, 5.41) is 0. The van der Waals surface area contributed by atoms with Gasteiger partial charge in [-0.1, -0.05) is 63.4 Å². The van der Waals surface area contributed by atoms with Crippen LogP contribution in [0, 0.1) is 0 Å². The van der Waals surface area contributed by atoms with Crippen LogP contribution in [0.25, 0.3) is 0 Å². The molecule has 0 fully saturated rings. The molecule has 0 heterocycles. The van der Waals surface area contributed by atoms with Gasteiger partial charge in [-0.2, -0.15) is 0 Å². The summed E-state index contributed by atoms with van der Waals surface area (Å²) in [7, 11) is 0. The summed E-state index contributed by atoms with van der Waals surface area (Å²) in [4.78, 5) is 23.5. The lowest BCUT2D eigenvalue weighted by molar-refractivity contribution is -0.149. The first kappa shape index (κ1) is 25.7. The van der Waals surface area contributed by atoms with E-state index in [1.54, 1.807) is 26.0 Å². The molecule has 2 atom stereocenters. The van der Waals surface area contributed by atoms with Crippen LogP contribution in [0.4, 0.5) is 0 Å². The predicted octanol–water partition coefficient (Wildman–Crippen LogP) is 5.01. The van der Waals surface area contributed by atoms with E-state index in [4.69, 9.17) is 18.9 Å². The average Bonchev–Trinajstić information content (AvgIpc) is 2.81. The molecule has 0 saturated heterocycles. The molecule has 2 aromatic carbocycles. The molecule has 0 aromatic heterocycles. The zero-order valence-corrected chi connectivity index (χ0v) is 19.7. The van der Waals surface area contributed by atoms with E-state index in [1.165, 1.54) is 0 Å². The van der Waals surface area contributed by atoms with E-state index in [9.17, 15) is 9.59 Å². The van der Waals surface area contributed by atoms with Gasteiger partial charge in [0.25, 0.3) is 0 Å². The highest BCUT2D eigenvalue weighted by molar-refractivity contribution is 5.71. The van der Waals surface area contributed by atoms with Gasteiger partial charge in [-0.3, -0.25) is 0 Å². The molecule has 0 N–H and O–H groups in total. The lowest BCUT2D eigenvalue weighted by atomic mass is 9.78. The summed E-state index contributed by atoms with van der Waals surface area (Å²) in [6, 6.07) is 15.2. The quantitative estimate of drug-likeness (QED) is 0.333. The van der Waals surface area contributed by atoms with Gasteiger partial charge in [0.2, 0.25) is 0 Å². The van der Waals surface area contributed by atoms with Gasteiger partial charge in [0.1, 0.15) is 23.7 Å². The molecule has 0 saturated carbocycles. The van der Waals surface area contributed by atoms with Crippen LogP contribution >= 0.6 is 0 Å². The monoisotopic (exact) mass is 452 g/mol. The van der Waals surface area contributed by atoms with Gasteiger partial charge in [-0.05, 0) is 49.2 Å². The van der Waals surface area contributed by atoms with Crippen molar-refractivity contribution in [2.75, 3.05) is 13.2 Å². The Morgan fingerprint density at radius 2 is 1.09 bits per heavy atom. The summed E-state index contributed by atoms with van der Waals surface area (Å²) in [5.41, 5.74) is 1.87. The summed E-state index contributed by atoms with van der Waals surface area (Å²) >= 11 is 0. The number of benzene rings is 2. The Morgan fingerprint density at radius 1 is 0.758 bits per heavy atom. The van der Waals surface area contributed by atoms with Gasteiger partial charge in [0, 0.05) is 5.41 Å². The van der Waals surface area contributed by atoms with Crippen LogP contribution in [0.2, 0.25) is 0 Å². The Labute approximate surface area is 195 Å². The van der Waals surface area contributed by atoms with Gasteiger partial charge in [0.15, 0.2) is 13.2 Å². The predicted molar refractivity (Wildman–Crippen MR) is 128 cm³/mol. The third-order valence-corrected chi connectivity index (χ3v) is 5.16. The number of carbonyl (C=O) groups excluding carboxylic acids is 2. The van der Waals surface area contributed by atoms with Crippen molar-refractivity contribution in [3.63, 3.8) is 0 Å². The highest BCUT2D eigenvalue weighted by atomic mass is 16.6. The fourth-order valence-corrected chi connectivity index (χ4v) is 2.97. The molecule has 2 rings (SSSR count). The first-order chi connectivity index (χ1) is 15.6. The maximum absolute atomic E-state index is 11.7. The zero-order valence-electron chi connectivity index (χ0n) is 19.7. The van der Waals surface area contributed by atoms with Crippen molar-refractivity contribution < 1.29 is 28.5 Å². The fourth-order valence-electron chi connectivity index (χ4n) is 2.97. The number of carbonyl (C=O) groups is 2. The highest BCUT2D eigenvalue weighted by Gasteiger charge is 2.23. The number of ether oxygens (including phenoxy) is 4. The van der Waals surface area contributed by atoms with Crippen LogP contribution in [-0.4, -0.2) is 37.4 Å². The first-order valence-corrected chi connectivity index (χ1v) is 10.8. The second-order valence-corrected chi connectivity index (χ2v) is 8.11. The van der Waals surface area contributed by atoms with Gasteiger partial charge in [-0.15, -0.1) is 0 Å². The van der Waals surface area contributed by atoms with Gasteiger partial charge >= 0.3 is 11.9 Å². The Bertz CT molecular complexity index is 866. The maximum atomic E-state index is 11.7. The zero-order chi connectivity index (χ0) is 24.4. The minimum absolute atomic E-state index is 0.164. The Balaban J connectivity index is 1.95. The number of hydrogen-bond acceptors (Lipinski definition) is 6. The Hall–Kier alpha value is -3.54. The molecule has 6 heteroatoms. The summed E-state index contributed by atoms with van der Waals surface area (Å²) < 4.78 is 21.2. The smallest absolute Gasteiger partial charge is 0.344 e. The van der Waals surface area contributed by atoms with E-state index in [-0.39, 0.29) is 30.8 Å². The fraction of sp³-hybridized carbons (Fsp3) is 0.333. The van der Waals surface area contributed by atoms with E-state index in [0.29, 0.717) is 11.5 Å². The molecule has 0 aliphatic rings. The van der Waals surface area contributed by atoms with Crippen molar-refractivity contribution in [2.24, 2.45) is 0 Å². The van der Waals surface area contributed by atoms with E-state index in [0.717, 1.165) is 11.1 Å². The molecule has 2 unspecified atom stereocenters. The Kier molecular flexibility index (Phi) is 9.28. The maximum Gasteiger partial charge on any atom is 0.344 e. The van der Waals surface area contributed by atoms with Crippen molar-refractivity contribution in [1.29, 1.82) is 0 Å². The Morgan fingerprint density at radius 3 is 1.39 bits per heavy atom. The van der Waals surface area contributed by atoms with Crippen LogP contribution in [0.3, 0.4) is 0 Å². The number of rotatable bonds is 12. The minimum Gasteiger partial charge on any atom is -0.482 e.